The molecule has 5 atom stereocenters. The Kier molecular flexibility index (Phi) is 8.25. The van der Waals surface area contributed by atoms with Crippen LogP contribution in [0.2, 0.25) is 0 Å². The van der Waals surface area contributed by atoms with E-state index in [0.717, 1.165) is 11.1 Å². The van der Waals surface area contributed by atoms with Crippen molar-refractivity contribution in [2.75, 3.05) is 0 Å². The summed E-state index contributed by atoms with van der Waals surface area (Å²) in [5.41, 5.74) is 1.85. The number of ether oxygens (including phenoxy) is 5. The normalized spacial score (nSPS) is 24.0. The summed E-state index contributed by atoms with van der Waals surface area (Å²) in [6.07, 6.45) is -0.579. The number of hydrogen-bond donors (Lipinski definition) is 0. The molecular weight excluding hydrogens is 452 g/mol. The molecule has 1 aliphatic heterocycles. The number of carbonyl (C=O) groups excluding carboxylic acids is 2. The molecule has 1 saturated heterocycles. The van der Waals surface area contributed by atoms with Gasteiger partial charge in [0.05, 0.1) is 19.3 Å². The minimum atomic E-state index is -1.11. The van der Waals surface area contributed by atoms with Crippen LogP contribution >= 0.6 is 0 Å². The minimum absolute atomic E-state index is 0.209. The van der Waals surface area contributed by atoms with Gasteiger partial charge in [-0.1, -0.05) is 60.7 Å². The molecule has 0 spiro atoms. The van der Waals surface area contributed by atoms with Gasteiger partial charge < -0.3 is 23.7 Å². The van der Waals surface area contributed by atoms with Crippen LogP contribution in [0, 0.1) is 0 Å². The highest BCUT2D eigenvalue weighted by molar-refractivity contribution is 5.70. The highest BCUT2D eigenvalue weighted by Gasteiger charge is 2.49. The standard InChI is InChI=1S/C26H28N2O7/c1-18-22(34-19(2)29)23(31-15-20-9-5-3-6-10-20)24(32-16-21-11-7-4-8-12-21)25(33-18)35-26(30)28-14-13-27-17-28/h3-14,17-18,22-25H,15-16H2,1-2H3/t18-,22+,23+,24-,25-/m0/s1. The number of nitrogens with zero attached hydrogens (tertiary/aromatic N) is 2. The van der Waals surface area contributed by atoms with Crippen molar-refractivity contribution in [1.82, 2.24) is 9.55 Å². The fourth-order valence-corrected chi connectivity index (χ4v) is 3.85. The van der Waals surface area contributed by atoms with E-state index in [0.29, 0.717) is 0 Å². The van der Waals surface area contributed by atoms with E-state index >= 15 is 0 Å². The molecule has 9 nitrogen and oxygen atoms in total. The number of rotatable bonds is 8. The predicted octanol–water partition coefficient (Wildman–Crippen LogP) is 3.72. The van der Waals surface area contributed by atoms with Crippen molar-refractivity contribution in [2.45, 2.75) is 57.8 Å². The van der Waals surface area contributed by atoms with Crippen molar-refractivity contribution in [3.63, 3.8) is 0 Å². The lowest BCUT2D eigenvalue weighted by molar-refractivity contribution is -0.300. The van der Waals surface area contributed by atoms with Crippen molar-refractivity contribution >= 4 is 12.1 Å². The van der Waals surface area contributed by atoms with E-state index in [-0.39, 0.29) is 13.2 Å². The summed E-state index contributed by atoms with van der Waals surface area (Å²) in [4.78, 5) is 28.5. The zero-order valence-corrected chi connectivity index (χ0v) is 19.6. The fraction of sp³-hybridized carbons (Fsp3) is 0.346. The van der Waals surface area contributed by atoms with E-state index in [1.807, 2.05) is 60.7 Å². The molecule has 0 amide bonds. The lowest BCUT2D eigenvalue weighted by Gasteiger charge is -2.44. The molecule has 0 bridgehead atoms. The zero-order valence-electron chi connectivity index (χ0n) is 19.6. The summed E-state index contributed by atoms with van der Waals surface area (Å²) in [6, 6.07) is 19.2. The van der Waals surface area contributed by atoms with Gasteiger partial charge in [-0.25, -0.2) is 14.3 Å². The maximum Gasteiger partial charge on any atom is 0.421 e. The quantitative estimate of drug-likeness (QED) is 0.450. The Labute approximate surface area is 203 Å². The van der Waals surface area contributed by atoms with Gasteiger partial charge in [-0.15, -0.1) is 0 Å². The molecule has 0 saturated carbocycles. The van der Waals surface area contributed by atoms with Crippen LogP contribution in [0.1, 0.15) is 25.0 Å². The SMILES string of the molecule is CC(=O)O[C@H]1[C@@H](OCc2ccccc2)[C@H](OCc2ccccc2)[C@H](OC(=O)n2ccnc2)O[C@H]1C. The van der Waals surface area contributed by atoms with Gasteiger partial charge in [-0.3, -0.25) is 4.79 Å². The molecular formula is C26H28N2O7. The Morgan fingerprint density at radius 1 is 0.886 bits per heavy atom. The second-order valence-corrected chi connectivity index (χ2v) is 8.16. The van der Waals surface area contributed by atoms with Gasteiger partial charge >= 0.3 is 12.1 Å². The molecule has 3 aromatic rings. The molecule has 0 radical (unpaired) electrons. The molecule has 4 rings (SSSR count). The third-order valence-electron chi connectivity index (χ3n) is 5.53. The molecule has 9 heteroatoms. The Bertz CT molecular complexity index is 1080. The van der Waals surface area contributed by atoms with Crippen LogP contribution in [0.15, 0.2) is 79.4 Å². The maximum absolute atomic E-state index is 12.7. The Morgan fingerprint density at radius 3 is 2.03 bits per heavy atom. The Balaban J connectivity index is 1.60. The lowest BCUT2D eigenvalue weighted by atomic mass is 9.98. The van der Waals surface area contributed by atoms with Crippen molar-refractivity contribution in [1.29, 1.82) is 0 Å². The highest BCUT2D eigenvalue weighted by Crippen LogP contribution is 2.30. The van der Waals surface area contributed by atoms with Crippen LogP contribution in [0.4, 0.5) is 4.79 Å². The fourth-order valence-electron chi connectivity index (χ4n) is 3.85. The van der Waals surface area contributed by atoms with Gasteiger partial charge in [-0.05, 0) is 18.1 Å². The number of hydrogen-bond acceptors (Lipinski definition) is 8. The van der Waals surface area contributed by atoms with E-state index in [1.165, 1.54) is 30.2 Å². The van der Waals surface area contributed by atoms with E-state index in [4.69, 9.17) is 23.7 Å². The summed E-state index contributed by atoms with van der Waals surface area (Å²) in [7, 11) is 0. The third-order valence-corrected chi connectivity index (χ3v) is 5.53. The van der Waals surface area contributed by atoms with Crippen molar-refractivity contribution < 1.29 is 33.3 Å². The lowest BCUT2D eigenvalue weighted by Crippen LogP contribution is -2.60. The van der Waals surface area contributed by atoms with Crippen LogP contribution in [-0.2, 0) is 41.7 Å². The van der Waals surface area contributed by atoms with Gasteiger partial charge in [0.2, 0.25) is 6.29 Å². The summed E-state index contributed by atoms with van der Waals surface area (Å²) >= 11 is 0. The zero-order chi connectivity index (χ0) is 24.6. The summed E-state index contributed by atoms with van der Waals surface area (Å²) in [5, 5.41) is 0. The molecule has 0 N–H and O–H groups in total. The number of esters is 1. The van der Waals surface area contributed by atoms with Crippen molar-refractivity contribution in [3.8, 4) is 0 Å². The molecule has 2 aromatic carbocycles. The van der Waals surface area contributed by atoms with E-state index in [9.17, 15) is 9.59 Å². The van der Waals surface area contributed by atoms with Crippen LogP contribution in [0.5, 0.6) is 0 Å². The molecule has 0 aliphatic carbocycles. The van der Waals surface area contributed by atoms with Crippen LogP contribution in [0.3, 0.4) is 0 Å². The molecule has 184 valence electrons. The number of imidazole rings is 1. The van der Waals surface area contributed by atoms with Crippen molar-refractivity contribution in [3.05, 3.63) is 90.5 Å². The van der Waals surface area contributed by atoms with Gasteiger partial charge in [0.15, 0.2) is 12.2 Å². The number of aromatic nitrogens is 2. The topological polar surface area (TPSA) is 98.1 Å². The smallest absolute Gasteiger partial charge is 0.421 e. The van der Waals surface area contributed by atoms with Gasteiger partial charge in [0.1, 0.15) is 12.4 Å². The van der Waals surface area contributed by atoms with Crippen LogP contribution in [-0.4, -0.2) is 52.3 Å². The van der Waals surface area contributed by atoms with E-state index in [2.05, 4.69) is 4.98 Å². The second kappa shape index (κ2) is 11.7. The maximum atomic E-state index is 12.7. The minimum Gasteiger partial charge on any atom is -0.457 e. The Morgan fingerprint density at radius 2 is 1.49 bits per heavy atom. The highest BCUT2D eigenvalue weighted by atomic mass is 16.7. The molecule has 0 unspecified atom stereocenters. The van der Waals surface area contributed by atoms with E-state index in [1.54, 1.807) is 6.92 Å². The number of carbonyl (C=O) groups is 2. The van der Waals surface area contributed by atoms with Crippen molar-refractivity contribution in [2.24, 2.45) is 0 Å². The first-order valence-corrected chi connectivity index (χ1v) is 11.3. The van der Waals surface area contributed by atoms with Crippen LogP contribution in [0.25, 0.3) is 0 Å². The van der Waals surface area contributed by atoms with Crippen LogP contribution < -0.4 is 0 Å². The Hall–Kier alpha value is -3.53. The van der Waals surface area contributed by atoms with Gasteiger partial charge in [-0.2, -0.15) is 0 Å². The monoisotopic (exact) mass is 480 g/mol. The molecule has 1 aliphatic rings. The third kappa shape index (κ3) is 6.54. The van der Waals surface area contributed by atoms with Gasteiger partial charge in [0.25, 0.3) is 0 Å². The first-order chi connectivity index (χ1) is 17.0. The molecule has 1 aromatic heterocycles. The molecule has 2 heterocycles. The summed E-state index contributed by atoms with van der Waals surface area (Å²) in [6.45, 7) is 3.51. The molecule has 1 fully saturated rings. The predicted molar refractivity (Wildman–Crippen MR) is 124 cm³/mol. The van der Waals surface area contributed by atoms with E-state index < -0.39 is 42.8 Å². The average Bonchev–Trinajstić information content (AvgIpc) is 3.40. The first kappa shape index (κ1) is 24.6. The molecule has 35 heavy (non-hydrogen) atoms. The summed E-state index contributed by atoms with van der Waals surface area (Å²) < 4.78 is 30.9. The average molecular weight is 481 g/mol. The second-order valence-electron chi connectivity index (χ2n) is 8.16. The number of benzene rings is 2. The first-order valence-electron chi connectivity index (χ1n) is 11.3. The largest absolute Gasteiger partial charge is 0.457 e. The van der Waals surface area contributed by atoms with Gasteiger partial charge in [0, 0.05) is 19.3 Å². The summed E-state index contributed by atoms with van der Waals surface area (Å²) in [5.74, 6) is -0.477.